The number of nitrogens with zero attached hydrogens (tertiary/aromatic N) is 1. The summed E-state index contributed by atoms with van der Waals surface area (Å²) in [7, 11) is 2.08. The first-order chi connectivity index (χ1) is 8.31. The van der Waals surface area contributed by atoms with Gasteiger partial charge in [0.25, 0.3) is 0 Å². The van der Waals surface area contributed by atoms with Crippen molar-refractivity contribution in [2.24, 2.45) is 0 Å². The minimum Gasteiger partial charge on any atom is -0.474 e. The third-order valence-corrected chi connectivity index (χ3v) is 3.26. The van der Waals surface area contributed by atoms with Crippen LogP contribution in [0.5, 0.6) is 5.75 Å². The lowest BCUT2D eigenvalue weighted by molar-refractivity contribution is 0.0451. The highest BCUT2D eigenvalue weighted by atomic mass is 16.5. The summed E-state index contributed by atoms with van der Waals surface area (Å²) in [5.74, 6) is 0.696. The molecule has 1 aliphatic heterocycles. The first-order valence-electron chi connectivity index (χ1n) is 6.22. The molecule has 1 aliphatic rings. The Morgan fingerprint density at radius 3 is 2.94 bits per heavy atom. The molecule has 92 valence electrons. The summed E-state index contributed by atoms with van der Waals surface area (Å²) in [6, 6.07) is 7.41. The van der Waals surface area contributed by atoms with Crippen LogP contribution in [0.25, 0.3) is 0 Å². The molecule has 0 aromatic heterocycles. The highest BCUT2D eigenvalue weighted by Gasteiger charge is 2.19. The van der Waals surface area contributed by atoms with E-state index in [9.17, 15) is 4.79 Å². The van der Waals surface area contributed by atoms with E-state index in [-0.39, 0.29) is 6.23 Å². The second-order valence-electron chi connectivity index (χ2n) is 4.56. The predicted molar refractivity (Wildman–Crippen MR) is 67.3 cm³/mol. The van der Waals surface area contributed by atoms with Crippen LogP contribution in [0.4, 0.5) is 0 Å². The van der Waals surface area contributed by atoms with Crippen LogP contribution in [0.15, 0.2) is 24.3 Å². The number of hydrogen-bond acceptors (Lipinski definition) is 3. The van der Waals surface area contributed by atoms with Gasteiger partial charge in [-0.05, 0) is 38.4 Å². The molecule has 3 heteroatoms. The van der Waals surface area contributed by atoms with E-state index in [1.165, 1.54) is 19.3 Å². The summed E-state index contributed by atoms with van der Waals surface area (Å²) in [6.45, 7) is 1.06. The first kappa shape index (κ1) is 12.1. The number of benzene rings is 1. The van der Waals surface area contributed by atoms with Crippen molar-refractivity contribution in [3.05, 3.63) is 29.8 Å². The zero-order valence-corrected chi connectivity index (χ0v) is 10.3. The Morgan fingerprint density at radius 2 is 2.12 bits per heavy atom. The van der Waals surface area contributed by atoms with Crippen LogP contribution in [0.1, 0.15) is 36.0 Å². The van der Waals surface area contributed by atoms with E-state index in [0.29, 0.717) is 11.3 Å². The molecule has 3 nitrogen and oxygen atoms in total. The van der Waals surface area contributed by atoms with Gasteiger partial charge in [-0.3, -0.25) is 9.69 Å². The SMILES string of the molecule is CN1CCCCCC1Oc1ccccc1C=O. The van der Waals surface area contributed by atoms with E-state index in [1.54, 1.807) is 6.07 Å². The molecule has 1 saturated heterocycles. The van der Waals surface area contributed by atoms with Gasteiger partial charge in [-0.25, -0.2) is 0 Å². The number of hydrogen-bond donors (Lipinski definition) is 0. The number of aldehydes is 1. The van der Waals surface area contributed by atoms with Crippen molar-refractivity contribution >= 4 is 6.29 Å². The maximum atomic E-state index is 10.9. The van der Waals surface area contributed by atoms with Gasteiger partial charge in [0.1, 0.15) is 5.75 Å². The van der Waals surface area contributed by atoms with Crippen molar-refractivity contribution in [2.45, 2.75) is 31.9 Å². The van der Waals surface area contributed by atoms with Gasteiger partial charge in [0.2, 0.25) is 0 Å². The molecule has 0 aliphatic carbocycles. The van der Waals surface area contributed by atoms with Crippen LogP contribution in [-0.4, -0.2) is 31.0 Å². The first-order valence-corrected chi connectivity index (χ1v) is 6.22. The van der Waals surface area contributed by atoms with E-state index in [0.717, 1.165) is 19.3 Å². The summed E-state index contributed by atoms with van der Waals surface area (Å²) in [6.07, 6.45) is 5.66. The van der Waals surface area contributed by atoms with Crippen LogP contribution < -0.4 is 4.74 Å². The second-order valence-corrected chi connectivity index (χ2v) is 4.56. The number of rotatable bonds is 3. The Balaban J connectivity index is 2.10. The van der Waals surface area contributed by atoms with Crippen molar-refractivity contribution in [1.82, 2.24) is 4.90 Å². The fraction of sp³-hybridized carbons (Fsp3) is 0.500. The van der Waals surface area contributed by atoms with Crippen molar-refractivity contribution in [1.29, 1.82) is 0 Å². The molecule has 0 radical (unpaired) electrons. The van der Waals surface area contributed by atoms with Gasteiger partial charge in [0.05, 0.1) is 5.56 Å². The van der Waals surface area contributed by atoms with Gasteiger partial charge in [-0.1, -0.05) is 18.6 Å². The smallest absolute Gasteiger partial charge is 0.153 e. The molecular formula is C14H19NO2. The van der Waals surface area contributed by atoms with Crippen LogP contribution >= 0.6 is 0 Å². The fourth-order valence-electron chi connectivity index (χ4n) is 2.20. The molecule has 1 heterocycles. The van der Waals surface area contributed by atoms with Gasteiger partial charge in [-0.15, -0.1) is 0 Å². The summed E-state index contributed by atoms with van der Waals surface area (Å²) in [5, 5.41) is 0. The van der Waals surface area contributed by atoms with Crippen LogP contribution in [-0.2, 0) is 0 Å². The third kappa shape index (κ3) is 3.07. The van der Waals surface area contributed by atoms with E-state index in [1.807, 2.05) is 18.2 Å². The number of carbonyl (C=O) groups excluding carboxylic acids is 1. The monoisotopic (exact) mass is 233 g/mol. The zero-order chi connectivity index (χ0) is 12.1. The Bertz CT molecular complexity index is 378. The van der Waals surface area contributed by atoms with Crippen molar-refractivity contribution in [3.63, 3.8) is 0 Å². The van der Waals surface area contributed by atoms with Crippen molar-refractivity contribution in [2.75, 3.05) is 13.6 Å². The van der Waals surface area contributed by atoms with Gasteiger partial charge in [0, 0.05) is 6.54 Å². The molecule has 2 rings (SSSR count). The Morgan fingerprint density at radius 1 is 1.29 bits per heavy atom. The lowest BCUT2D eigenvalue weighted by Gasteiger charge is -2.26. The predicted octanol–water partition coefficient (Wildman–Crippen LogP) is 2.71. The van der Waals surface area contributed by atoms with Crippen LogP contribution in [0.2, 0.25) is 0 Å². The second kappa shape index (κ2) is 5.82. The zero-order valence-electron chi connectivity index (χ0n) is 10.3. The molecule has 1 fully saturated rings. The lowest BCUT2D eigenvalue weighted by atomic mass is 10.2. The maximum Gasteiger partial charge on any atom is 0.153 e. The summed E-state index contributed by atoms with van der Waals surface area (Å²) in [4.78, 5) is 13.2. The van der Waals surface area contributed by atoms with E-state index >= 15 is 0 Å². The highest BCUT2D eigenvalue weighted by Crippen LogP contribution is 2.22. The summed E-state index contributed by atoms with van der Waals surface area (Å²) in [5.41, 5.74) is 0.630. The molecule has 1 aromatic carbocycles. The quantitative estimate of drug-likeness (QED) is 0.752. The molecule has 17 heavy (non-hydrogen) atoms. The third-order valence-electron chi connectivity index (χ3n) is 3.26. The van der Waals surface area contributed by atoms with E-state index in [2.05, 4.69) is 11.9 Å². The lowest BCUT2D eigenvalue weighted by Crippen LogP contribution is -2.35. The van der Waals surface area contributed by atoms with Crippen molar-refractivity contribution < 1.29 is 9.53 Å². The molecule has 0 amide bonds. The van der Waals surface area contributed by atoms with Gasteiger partial charge < -0.3 is 4.74 Å². The normalized spacial score (nSPS) is 21.8. The average molecular weight is 233 g/mol. The van der Waals surface area contributed by atoms with E-state index < -0.39 is 0 Å². The molecule has 1 unspecified atom stereocenters. The number of likely N-dealkylation sites (tertiary alicyclic amines) is 1. The Kier molecular flexibility index (Phi) is 4.15. The molecule has 1 aromatic rings. The molecule has 1 atom stereocenters. The van der Waals surface area contributed by atoms with Crippen LogP contribution in [0.3, 0.4) is 0 Å². The molecular weight excluding hydrogens is 214 g/mol. The molecule has 0 spiro atoms. The molecule has 0 bridgehead atoms. The number of ether oxygens (including phenoxy) is 1. The highest BCUT2D eigenvalue weighted by molar-refractivity contribution is 5.79. The van der Waals surface area contributed by atoms with Gasteiger partial charge in [-0.2, -0.15) is 0 Å². The van der Waals surface area contributed by atoms with E-state index in [4.69, 9.17) is 4.74 Å². The maximum absolute atomic E-state index is 10.9. The minimum absolute atomic E-state index is 0.0959. The average Bonchev–Trinajstić information content (AvgIpc) is 2.56. The summed E-state index contributed by atoms with van der Waals surface area (Å²) < 4.78 is 5.96. The minimum atomic E-state index is 0.0959. The standard InChI is InChI=1S/C14H19NO2/c1-15-10-6-2-3-9-14(15)17-13-8-5-4-7-12(13)11-16/h4-5,7-8,11,14H,2-3,6,9-10H2,1H3. The van der Waals surface area contributed by atoms with Crippen molar-refractivity contribution in [3.8, 4) is 5.75 Å². The topological polar surface area (TPSA) is 29.5 Å². The number of carbonyl (C=O) groups is 1. The molecule has 0 N–H and O–H groups in total. The molecule has 0 saturated carbocycles. The van der Waals surface area contributed by atoms with Gasteiger partial charge >= 0.3 is 0 Å². The van der Waals surface area contributed by atoms with Crippen LogP contribution in [0, 0.1) is 0 Å². The fourth-order valence-corrected chi connectivity index (χ4v) is 2.20. The number of para-hydroxylation sites is 1. The largest absolute Gasteiger partial charge is 0.474 e. The Labute approximate surface area is 102 Å². The summed E-state index contributed by atoms with van der Waals surface area (Å²) >= 11 is 0. The van der Waals surface area contributed by atoms with Gasteiger partial charge in [0.15, 0.2) is 12.5 Å². The Hall–Kier alpha value is -1.35.